The van der Waals surface area contributed by atoms with E-state index in [0.717, 1.165) is 21.6 Å². The number of aryl methyl sites for hydroxylation is 1. The summed E-state index contributed by atoms with van der Waals surface area (Å²) < 4.78 is 10.1. The molecule has 0 bridgehead atoms. The van der Waals surface area contributed by atoms with Gasteiger partial charge in [-0.15, -0.1) is 5.10 Å². The minimum atomic E-state index is -0.340. The molecule has 0 aliphatic carbocycles. The number of halogens is 1. The number of amides is 1. The Morgan fingerprint density at radius 2 is 2.41 bits per heavy atom. The Morgan fingerprint density at radius 1 is 1.59 bits per heavy atom. The van der Waals surface area contributed by atoms with E-state index < -0.39 is 0 Å². The third-order valence-corrected chi connectivity index (χ3v) is 3.88. The van der Waals surface area contributed by atoms with E-state index in [4.69, 9.17) is 4.74 Å². The van der Waals surface area contributed by atoms with Gasteiger partial charge in [0.1, 0.15) is 17.2 Å². The molecule has 0 aliphatic rings. The SMILES string of the molecule is C=CCOc1ccc(Br)cc1C=NNC(=O)c1snnc1C. The summed E-state index contributed by atoms with van der Waals surface area (Å²) in [5, 5.41) is 7.73. The molecule has 114 valence electrons. The minimum absolute atomic E-state index is 0.340. The lowest BCUT2D eigenvalue weighted by atomic mass is 10.2. The van der Waals surface area contributed by atoms with Crippen molar-refractivity contribution in [3.05, 3.63) is 51.5 Å². The molecule has 2 aromatic rings. The van der Waals surface area contributed by atoms with Crippen molar-refractivity contribution in [2.24, 2.45) is 5.10 Å². The summed E-state index contributed by atoms with van der Waals surface area (Å²) in [6, 6.07) is 5.52. The van der Waals surface area contributed by atoms with Crippen molar-refractivity contribution in [1.82, 2.24) is 15.0 Å². The second kappa shape index (κ2) is 7.81. The average Bonchev–Trinajstić information content (AvgIpc) is 2.92. The predicted octanol–water partition coefficient (Wildman–Crippen LogP) is 2.94. The van der Waals surface area contributed by atoms with Gasteiger partial charge in [0, 0.05) is 10.0 Å². The first-order valence-electron chi connectivity index (χ1n) is 6.27. The number of aromatic nitrogens is 2. The first-order chi connectivity index (χ1) is 10.6. The van der Waals surface area contributed by atoms with Crippen LogP contribution >= 0.6 is 27.5 Å². The maximum absolute atomic E-state index is 11.9. The van der Waals surface area contributed by atoms with Crippen LogP contribution in [-0.4, -0.2) is 28.3 Å². The lowest BCUT2D eigenvalue weighted by molar-refractivity contribution is 0.0958. The van der Waals surface area contributed by atoms with Crippen molar-refractivity contribution in [2.75, 3.05) is 6.61 Å². The first kappa shape index (κ1) is 16.3. The van der Waals surface area contributed by atoms with Crippen molar-refractivity contribution < 1.29 is 9.53 Å². The second-order valence-corrected chi connectivity index (χ2v) is 5.84. The van der Waals surface area contributed by atoms with Crippen LogP contribution in [0.3, 0.4) is 0 Å². The molecule has 1 amide bonds. The molecule has 0 spiro atoms. The van der Waals surface area contributed by atoms with Crippen molar-refractivity contribution in [3.63, 3.8) is 0 Å². The normalized spacial score (nSPS) is 10.6. The Morgan fingerprint density at radius 3 is 3.09 bits per heavy atom. The highest BCUT2D eigenvalue weighted by atomic mass is 79.9. The monoisotopic (exact) mass is 380 g/mol. The van der Waals surface area contributed by atoms with Gasteiger partial charge < -0.3 is 4.74 Å². The summed E-state index contributed by atoms with van der Waals surface area (Å²) >= 11 is 4.42. The Bertz CT molecular complexity index is 715. The first-order valence-corrected chi connectivity index (χ1v) is 7.84. The Hall–Kier alpha value is -2.06. The van der Waals surface area contributed by atoms with Crippen LogP contribution in [0.5, 0.6) is 5.75 Å². The molecule has 2 rings (SSSR count). The molecule has 1 aromatic heterocycles. The molecule has 1 N–H and O–H groups in total. The fraction of sp³-hybridized carbons (Fsp3) is 0.143. The van der Waals surface area contributed by atoms with Crippen LogP contribution in [0.2, 0.25) is 0 Å². The number of nitrogens with one attached hydrogen (secondary N) is 1. The summed E-state index contributed by atoms with van der Waals surface area (Å²) in [7, 11) is 0. The molecular formula is C14H13BrN4O2S. The molecule has 6 nitrogen and oxygen atoms in total. The van der Waals surface area contributed by atoms with Crippen LogP contribution in [0.4, 0.5) is 0 Å². The summed E-state index contributed by atoms with van der Waals surface area (Å²) in [4.78, 5) is 12.3. The topological polar surface area (TPSA) is 76.5 Å². The fourth-order valence-corrected chi connectivity index (χ4v) is 2.48. The van der Waals surface area contributed by atoms with Gasteiger partial charge in [-0.25, -0.2) is 5.43 Å². The summed E-state index contributed by atoms with van der Waals surface area (Å²) in [5.74, 6) is 0.309. The number of hydrogen-bond donors (Lipinski definition) is 1. The zero-order valence-electron chi connectivity index (χ0n) is 11.7. The van der Waals surface area contributed by atoms with Crippen LogP contribution < -0.4 is 10.2 Å². The lowest BCUT2D eigenvalue weighted by Gasteiger charge is -2.07. The van der Waals surface area contributed by atoms with Crippen LogP contribution in [-0.2, 0) is 0 Å². The molecule has 0 aliphatic heterocycles. The number of carbonyl (C=O) groups is 1. The van der Waals surface area contributed by atoms with E-state index in [1.165, 1.54) is 6.21 Å². The van der Waals surface area contributed by atoms with Crippen LogP contribution in [0, 0.1) is 6.92 Å². The third-order valence-electron chi connectivity index (χ3n) is 2.56. The van der Waals surface area contributed by atoms with Gasteiger partial charge in [-0.1, -0.05) is 33.1 Å². The molecule has 22 heavy (non-hydrogen) atoms. The highest BCUT2D eigenvalue weighted by Crippen LogP contribution is 2.21. The van der Waals surface area contributed by atoms with E-state index in [2.05, 4.69) is 42.6 Å². The van der Waals surface area contributed by atoms with Gasteiger partial charge in [0.05, 0.1) is 11.9 Å². The number of hydrazone groups is 1. The number of ether oxygens (including phenoxy) is 1. The minimum Gasteiger partial charge on any atom is -0.489 e. The van der Waals surface area contributed by atoms with Gasteiger partial charge in [0.15, 0.2) is 0 Å². The number of benzene rings is 1. The van der Waals surface area contributed by atoms with Crippen molar-refractivity contribution in [3.8, 4) is 5.75 Å². The number of carbonyl (C=O) groups excluding carboxylic acids is 1. The molecule has 0 atom stereocenters. The quantitative estimate of drug-likeness (QED) is 0.474. The van der Waals surface area contributed by atoms with E-state index in [0.29, 0.717) is 22.9 Å². The second-order valence-electron chi connectivity index (χ2n) is 4.17. The van der Waals surface area contributed by atoms with Gasteiger partial charge in [0.2, 0.25) is 0 Å². The van der Waals surface area contributed by atoms with Crippen LogP contribution in [0.1, 0.15) is 20.9 Å². The largest absolute Gasteiger partial charge is 0.489 e. The van der Waals surface area contributed by atoms with Crippen LogP contribution in [0.15, 0.2) is 40.4 Å². The smallest absolute Gasteiger partial charge is 0.285 e. The van der Waals surface area contributed by atoms with Crippen molar-refractivity contribution in [1.29, 1.82) is 0 Å². The molecule has 8 heteroatoms. The van der Waals surface area contributed by atoms with E-state index >= 15 is 0 Å². The molecule has 0 saturated heterocycles. The zero-order chi connectivity index (χ0) is 15.9. The summed E-state index contributed by atoms with van der Waals surface area (Å²) in [6.45, 7) is 5.72. The molecular weight excluding hydrogens is 368 g/mol. The highest BCUT2D eigenvalue weighted by Gasteiger charge is 2.12. The van der Waals surface area contributed by atoms with E-state index in [1.54, 1.807) is 13.0 Å². The average molecular weight is 381 g/mol. The molecule has 0 fully saturated rings. The maximum Gasteiger partial charge on any atom is 0.285 e. The Balaban J connectivity index is 2.09. The molecule has 1 heterocycles. The third kappa shape index (κ3) is 4.22. The van der Waals surface area contributed by atoms with Crippen LogP contribution in [0.25, 0.3) is 0 Å². The summed E-state index contributed by atoms with van der Waals surface area (Å²) in [5.41, 5.74) is 3.76. The van der Waals surface area contributed by atoms with Gasteiger partial charge in [-0.3, -0.25) is 4.79 Å². The fourth-order valence-electron chi connectivity index (χ4n) is 1.55. The maximum atomic E-state index is 11.9. The standard InChI is InChI=1S/C14H13BrN4O2S/c1-3-6-21-12-5-4-11(15)7-10(12)8-16-18-14(20)13-9(2)17-19-22-13/h3-5,7-8H,1,6H2,2H3,(H,18,20). The summed E-state index contributed by atoms with van der Waals surface area (Å²) in [6.07, 6.45) is 3.18. The van der Waals surface area contributed by atoms with E-state index in [-0.39, 0.29) is 5.91 Å². The van der Waals surface area contributed by atoms with E-state index in [1.807, 2.05) is 18.2 Å². The number of hydrogen-bond acceptors (Lipinski definition) is 6. The molecule has 0 radical (unpaired) electrons. The molecule has 1 aromatic carbocycles. The Kier molecular flexibility index (Phi) is 5.79. The molecule has 0 unspecified atom stereocenters. The number of nitrogens with zero attached hydrogens (tertiary/aromatic N) is 3. The Labute approximate surface area is 140 Å². The van der Waals surface area contributed by atoms with Gasteiger partial charge in [0.25, 0.3) is 5.91 Å². The lowest BCUT2D eigenvalue weighted by Crippen LogP contribution is -2.17. The van der Waals surface area contributed by atoms with Crippen molar-refractivity contribution >= 4 is 39.6 Å². The van der Waals surface area contributed by atoms with Gasteiger partial charge in [-0.05, 0) is 36.7 Å². The highest BCUT2D eigenvalue weighted by molar-refractivity contribution is 9.10. The van der Waals surface area contributed by atoms with E-state index in [9.17, 15) is 4.79 Å². The van der Waals surface area contributed by atoms with Gasteiger partial charge in [-0.2, -0.15) is 5.10 Å². The van der Waals surface area contributed by atoms with Gasteiger partial charge >= 0.3 is 0 Å². The number of rotatable bonds is 6. The van der Waals surface area contributed by atoms with Crippen molar-refractivity contribution in [2.45, 2.75) is 6.92 Å². The zero-order valence-corrected chi connectivity index (χ0v) is 14.1. The predicted molar refractivity (Wildman–Crippen MR) is 89.5 cm³/mol. The molecule has 0 saturated carbocycles.